The summed E-state index contributed by atoms with van der Waals surface area (Å²) in [4.78, 5) is 23.7. The number of benzene rings is 1. The number of rotatable bonds is 7. The van der Waals surface area contributed by atoms with Crippen LogP contribution >= 0.6 is 0 Å². The highest BCUT2D eigenvalue weighted by Crippen LogP contribution is 2.25. The molecule has 3 N–H and O–H groups in total. The maximum atomic E-state index is 12.3. The van der Waals surface area contributed by atoms with E-state index >= 15 is 0 Å². The van der Waals surface area contributed by atoms with E-state index in [1.807, 2.05) is 13.8 Å². The lowest BCUT2D eigenvalue weighted by molar-refractivity contribution is -0.123. The van der Waals surface area contributed by atoms with Gasteiger partial charge < -0.3 is 20.7 Å². The molecule has 1 aromatic rings. The normalized spacial score (nSPS) is 13.1. The highest BCUT2D eigenvalue weighted by atomic mass is 19.3. The van der Waals surface area contributed by atoms with E-state index in [2.05, 4.69) is 20.7 Å². The molecule has 0 unspecified atom stereocenters. The minimum Gasteiger partial charge on any atom is -0.433 e. The van der Waals surface area contributed by atoms with Gasteiger partial charge in [-0.3, -0.25) is 4.79 Å². The van der Waals surface area contributed by atoms with Gasteiger partial charge >= 0.3 is 12.6 Å². The van der Waals surface area contributed by atoms with Crippen LogP contribution in [0.1, 0.15) is 27.2 Å². The van der Waals surface area contributed by atoms with Gasteiger partial charge in [0, 0.05) is 6.04 Å². The number of hydrogen-bond donors (Lipinski definition) is 3. The van der Waals surface area contributed by atoms with Gasteiger partial charge in [-0.05, 0) is 32.4 Å². The number of carbonyl (C=O) groups excluding carboxylic acids is 2. The first-order chi connectivity index (χ1) is 10.8. The lowest BCUT2D eigenvalue weighted by Gasteiger charge is -2.18. The fraction of sp³-hybridized carbons (Fsp3) is 0.467. The Balaban J connectivity index is 2.61. The molecule has 0 aliphatic heterocycles. The number of carbonyl (C=O) groups is 2. The highest BCUT2D eigenvalue weighted by molar-refractivity contribution is 5.94. The molecule has 3 amide bonds. The van der Waals surface area contributed by atoms with Gasteiger partial charge in [-0.25, -0.2) is 4.79 Å². The Bertz CT molecular complexity index is 540. The van der Waals surface area contributed by atoms with Crippen LogP contribution in [-0.4, -0.2) is 30.6 Å². The van der Waals surface area contributed by atoms with Gasteiger partial charge in [0.2, 0.25) is 5.91 Å². The summed E-state index contributed by atoms with van der Waals surface area (Å²) in [5.41, 5.74) is 0.0832. The van der Waals surface area contributed by atoms with E-state index in [0.29, 0.717) is 0 Å². The summed E-state index contributed by atoms with van der Waals surface area (Å²) in [6.07, 6.45) is 0.767. The second-order valence-corrected chi connectivity index (χ2v) is 5.01. The van der Waals surface area contributed by atoms with Crippen molar-refractivity contribution in [3.05, 3.63) is 24.3 Å². The number of anilines is 1. The van der Waals surface area contributed by atoms with Crippen molar-refractivity contribution in [2.45, 2.75) is 45.9 Å². The first-order valence-electron chi connectivity index (χ1n) is 7.25. The molecule has 0 spiro atoms. The molecule has 0 aliphatic carbocycles. The largest absolute Gasteiger partial charge is 0.433 e. The molecular weight excluding hydrogens is 308 g/mol. The van der Waals surface area contributed by atoms with E-state index in [4.69, 9.17) is 0 Å². The zero-order valence-electron chi connectivity index (χ0n) is 13.2. The second-order valence-electron chi connectivity index (χ2n) is 5.01. The molecule has 0 saturated carbocycles. The number of halogens is 2. The van der Waals surface area contributed by atoms with Crippen molar-refractivity contribution in [2.24, 2.45) is 0 Å². The lowest BCUT2D eigenvalue weighted by Crippen LogP contribution is -2.48. The van der Waals surface area contributed by atoms with Crippen LogP contribution in [0, 0.1) is 0 Å². The monoisotopic (exact) mass is 329 g/mol. The van der Waals surface area contributed by atoms with Crippen LogP contribution < -0.4 is 20.7 Å². The molecule has 1 rings (SSSR count). The summed E-state index contributed by atoms with van der Waals surface area (Å²) in [7, 11) is 0. The summed E-state index contributed by atoms with van der Waals surface area (Å²) >= 11 is 0. The predicted octanol–water partition coefficient (Wildman–Crippen LogP) is 2.71. The molecule has 8 heteroatoms. The van der Waals surface area contributed by atoms with E-state index < -0.39 is 18.7 Å². The summed E-state index contributed by atoms with van der Waals surface area (Å²) in [5.74, 6) is -0.485. The first-order valence-corrected chi connectivity index (χ1v) is 7.25. The summed E-state index contributed by atoms with van der Waals surface area (Å²) in [6.45, 7) is 2.30. The lowest BCUT2D eigenvalue weighted by atomic mass is 10.2. The van der Waals surface area contributed by atoms with Gasteiger partial charge in [0.15, 0.2) is 0 Å². The Morgan fingerprint density at radius 1 is 1.17 bits per heavy atom. The molecule has 6 nitrogen and oxygen atoms in total. The number of para-hydroxylation sites is 2. The van der Waals surface area contributed by atoms with Crippen molar-refractivity contribution in [1.82, 2.24) is 10.6 Å². The van der Waals surface area contributed by atoms with E-state index in [9.17, 15) is 18.4 Å². The zero-order chi connectivity index (χ0) is 17.4. The smallest absolute Gasteiger partial charge is 0.387 e. The average molecular weight is 329 g/mol. The van der Waals surface area contributed by atoms with E-state index in [1.54, 1.807) is 6.07 Å². The van der Waals surface area contributed by atoms with Crippen molar-refractivity contribution in [2.75, 3.05) is 5.32 Å². The number of urea groups is 1. The minimum atomic E-state index is -3.00. The van der Waals surface area contributed by atoms with Crippen LogP contribution in [-0.2, 0) is 4.79 Å². The molecule has 1 aromatic carbocycles. The Hall–Kier alpha value is -2.38. The van der Waals surface area contributed by atoms with Crippen LogP contribution in [0.5, 0.6) is 5.75 Å². The summed E-state index contributed by atoms with van der Waals surface area (Å²) < 4.78 is 28.9. The molecule has 0 fully saturated rings. The maximum absolute atomic E-state index is 12.3. The standard InChI is InChI=1S/C15H21F2N3O3/c1-4-9(2)18-13(21)10(3)19-15(22)20-11-7-5-6-8-12(11)23-14(16)17/h5-10,14H,4H2,1-3H3,(H,18,21)(H2,19,20,22)/t9-,10-/m1/s1. The van der Waals surface area contributed by atoms with Gasteiger partial charge in [0.25, 0.3) is 0 Å². The first kappa shape index (κ1) is 18.7. The third kappa shape index (κ3) is 6.50. The molecule has 0 bridgehead atoms. The van der Waals surface area contributed by atoms with Gasteiger partial charge in [-0.1, -0.05) is 19.1 Å². The number of amides is 3. The number of hydrogen-bond acceptors (Lipinski definition) is 3. The third-order valence-electron chi connectivity index (χ3n) is 3.09. The van der Waals surface area contributed by atoms with Gasteiger partial charge in [-0.15, -0.1) is 0 Å². The van der Waals surface area contributed by atoms with Crippen molar-refractivity contribution in [3.8, 4) is 5.75 Å². The Morgan fingerprint density at radius 2 is 1.83 bits per heavy atom. The van der Waals surface area contributed by atoms with Gasteiger partial charge in [-0.2, -0.15) is 8.78 Å². The predicted molar refractivity (Wildman–Crippen MR) is 82.6 cm³/mol. The topological polar surface area (TPSA) is 79.5 Å². The fourth-order valence-corrected chi connectivity index (χ4v) is 1.66. The van der Waals surface area contributed by atoms with E-state index in [1.165, 1.54) is 25.1 Å². The quantitative estimate of drug-likeness (QED) is 0.719. The SMILES string of the molecule is CC[C@@H](C)NC(=O)[C@@H](C)NC(=O)Nc1ccccc1OC(F)F. The number of nitrogens with one attached hydrogen (secondary N) is 3. The Morgan fingerprint density at radius 3 is 2.43 bits per heavy atom. The van der Waals surface area contributed by atoms with E-state index in [0.717, 1.165) is 6.42 Å². The second kappa shape index (κ2) is 8.92. The van der Waals surface area contributed by atoms with Crippen LogP contribution in [0.25, 0.3) is 0 Å². The third-order valence-corrected chi connectivity index (χ3v) is 3.09. The fourth-order valence-electron chi connectivity index (χ4n) is 1.66. The van der Waals surface area contributed by atoms with Crippen LogP contribution in [0.15, 0.2) is 24.3 Å². The van der Waals surface area contributed by atoms with Crippen LogP contribution in [0.2, 0.25) is 0 Å². The molecule has 128 valence electrons. The molecule has 2 atom stereocenters. The Labute approximate surface area is 133 Å². The molecular formula is C15H21F2N3O3. The Kier molecular flexibility index (Phi) is 7.24. The summed E-state index contributed by atoms with van der Waals surface area (Å²) in [5, 5.41) is 7.54. The minimum absolute atomic E-state index is 0.00465. The molecule has 0 aromatic heterocycles. The average Bonchev–Trinajstić information content (AvgIpc) is 2.48. The van der Waals surface area contributed by atoms with Crippen molar-refractivity contribution >= 4 is 17.6 Å². The highest BCUT2D eigenvalue weighted by Gasteiger charge is 2.18. The van der Waals surface area contributed by atoms with Crippen LogP contribution in [0.3, 0.4) is 0 Å². The zero-order valence-corrected chi connectivity index (χ0v) is 13.2. The van der Waals surface area contributed by atoms with Crippen LogP contribution in [0.4, 0.5) is 19.3 Å². The maximum Gasteiger partial charge on any atom is 0.387 e. The van der Waals surface area contributed by atoms with Crippen molar-refractivity contribution in [1.29, 1.82) is 0 Å². The van der Waals surface area contributed by atoms with Crippen molar-refractivity contribution in [3.63, 3.8) is 0 Å². The molecule has 0 saturated heterocycles. The number of ether oxygens (including phenoxy) is 1. The van der Waals surface area contributed by atoms with Gasteiger partial charge in [0.05, 0.1) is 5.69 Å². The molecule has 23 heavy (non-hydrogen) atoms. The summed E-state index contributed by atoms with van der Waals surface area (Å²) in [6, 6.07) is 4.32. The van der Waals surface area contributed by atoms with E-state index in [-0.39, 0.29) is 23.4 Å². The molecule has 0 heterocycles. The van der Waals surface area contributed by atoms with Gasteiger partial charge in [0.1, 0.15) is 11.8 Å². The number of alkyl halides is 2. The van der Waals surface area contributed by atoms with Crippen molar-refractivity contribution < 1.29 is 23.1 Å². The molecule has 0 radical (unpaired) electrons. The molecule has 0 aliphatic rings.